The van der Waals surface area contributed by atoms with Gasteiger partial charge in [-0.05, 0) is 55.7 Å². The first-order chi connectivity index (χ1) is 16.0. The van der Waals surface area contributed by atoms with Gasteiger partial charge in [-0.15, -0.1) is 0 Å². The molecule has 2 amide bonds. The third kappa shape index (κ3) is 7.80. The van der Waals surface area contributed by atoms with Crippen molar-refractivity contribution >= 4 is 43.5 Å². The summed E-state index contributed by atoms with van der Waals surface area (Å²) in [4.78, 5) is 27.9. The summed E-state index contributed by atoms with van der Waals surface area (Å²) in [7, 11) is -3.80. The van der Waals surface area contributed by atoms with E-state index in [-0.39, 0.29) is 18.5 Å². The predicted octanol–water partition coefficient (Wildman–Crippen LogP) is 4.08. The highest BCUT2D eigenvalue weighted by Gasteiger charge is 2.32. The topological polar surface area (TPSA) is 86.8 Å². The number of nitrogens with zero attached hydrogens (tertiary/aromatic N) is 2. The molecule has 0 unspecified atom stereocenters. The number of anilines is 1. The molecule has 2 aromatic carbocycles. The van der Waals surface area contributed by atoms with Crippen molar-refractivity contribution in [1.82, 2.24) is 10.2 Å². The van der Waals surface area contributed by atoms with Crippen LogP contribution in [0.4, 0.5) is 10.1 Å². The highest BCUT2D eigenvalue weighted by atomic mass is 79.9. The fraction of sp³-hybridized carbons (Fsp3) is 0.417. The van der Waals surface area contributed by atoms with Crippen molar-refractivity contribution in [2.75, 3.05) is 17.1 Å². The molecule has 1 N–H and O–H groups in total. The first kappa shape index (κ1) is 27.8. The molecule has 0 saturated carbocycles. The van der Waals surface area contributed by atoms with Gasteiger partial charge in [-0.2, -0.15) is 0 Å². The Morgan fingerprint density at radius 3 is 2.26 bits per heavy atom. The molecule has 7 nitrogen and oxygen atoms in total. The molecule has 2 rings (SSSR count). The summed E-state index contributed by atoms with van der Waals surface area (Å²) in [5, 5.41) is 2.90. The van der Waals surface area contributed by atoms with Crippen molar-refractivity contribution in [3.63, 3.8) is 0 Å². The maximum atomic E-state index is 13.5. The second kappa shape index (κ2) is 12.3. The highest BCUT2D eigenvalue weighted by Crippen LogP contribution is 2.23. The Balaban J connectivity index is 2.43. The number of benzene rings is 2. The van der Waals surface area contributed by atoms with Crippen LogP contribution in [0.1, 0.15) is 39.2 Å². The van der Waals surface area contributed by atoms with Gasteiger partial charge in [0, 0.05) is 17.1 Å². The molecule has 10 heteroatoms. The van der Waals surface area contributed by atoms with Crippen LogP contribution in [0.15, 0.2) is 53.0 Å². The molecule has 0 aromatic heterocycles. The number of halogens is 2. The first-order valence-corrected chi connectivity index (χ1v) is 13.7. The van der Waals surface area contributed by atoms with Gasteiger partial charge < -0.3 is 10.2 Å². The standard InChI is InChI=1S/C24H31BrFN3O4S/c1-5-17(3)27-24(31)22(6-2)28(15-18-10-12-20(26)13-11-18)23(30)16-29(34(4,32)33)21-9-7-8-19(25)14-21/h7-14,17,22H,5-6,15-16H2,1-4H3,(H,27,31)/t17-,22-/m0/s1. The number of amides is 2. The highest BCUT2D eigenvalue weighted by molar-refractivity contribution is 9.10. The lowest BCUT2D eigenvalue weighted by atomic mass is 10.1. The molecule has 0 aliphatic carbocycles. The Labute approximate surface area is 209 Å². The molecule has 0 radical (unpaired) electrons. The Bertz CT molecular complexity index is 1100. The monoisotopic (exact) mass is 555 g/mol. The third-order valence-electron chi connectivity index (χ3n) is 5.43. The zero-order valence-electron chi connectivity index (χ0n) is 19.8. The lowest BCUT2D eigenvalue weighted by Crippen LogP contribution is -2.53. The second-order valence-corrected chi connectivity index (χ2v) is 11.0. The summed E-state index contributed by atoms with van der Waals surface area (Å²) in [6.45, 7) is 5.14. The minimum Gasteiger partial charge on any atom is -0.352 e. The van der Waals surface area contributed by atoms with Crippen molar-refractivity contribution < 1.29 is 22.4 Å². The summed E-state index contributed by atoms with van der Waals surface area (Å²) in [5.74, 6) is -1.28. The molecule has 186 valence electrons. The summed E-state index contributed by atoms with van der Waals surface area (Å²) < 4.78 is 40.2. The maximum Gasteiger partial charge on any atom is 0.244 e. The van der Waals surface area contributed by atoms with Crippen LogP contribution in [0.2, 0.25) is 0 Å². The zero-order valence-corrected chi connectivity index (χ0v) is 22.2. The number of carbonyl (C=O) groups is 2. The Kier molecular flexibility index (Phi) is 10.1. The molecule has 0 spiro atoms. The zero-order chi connectivity index (χ0) is 25.5. The number of rotatable bonds is 11. The smallest absolute Gasteiger partial charge is 0.244 e. The first-order valence-electron chi connectivity index (χ1n) is 11.0. The molecular formula is C24H31BrFN3O4S. The second-order valence-electron chi connectivity index (χ2n) is 8.14. The van der Waals surface area contributed by atoms with E-state index in [1.54, 1.807) is 31.2 Å². The normalized spacial score (nSPS) is 13.1. The van der Waals surface area contributed by atoms with Crippen LogP contribution >= 0.6 is 15.9 Å². The maximum absolute atomic E-state index is 13.5. The van der Waals surface area contributed by atoms with E-state index in [0.29, 0.717) is 22.1 Å². The number of carbonyl (C=O) groups excluding carboxylic acids is 2. The number of sulfonamides is 1. The fourth-order valence-corrected chi connectivity index (χ4v) is 4.62. The van der Waals surface area contributed by atoms with E-state index in [2.05, 4.69) is 21.2 Å². The Hall–Kier alpha value is -2.46. The lowest BCUT2D eigenvalue weighted by molar-refractivity contribution is -0.140. The third-order valence-corrected chi connectivity index (χ3v) is 7.06. The van der Waals surface area contributed by atoms with Crippen LogP contribution < -0.4 is 9.62 Å². The number of hydrogen-bond donors (Lipinski definition) is 1. The molecule has 0 bridgehead atoms. The van der Waals surface area contributed by atoms with Crippen molar-refractivity contribution in [3.05, 3.63) is 64.4 Å². The van der Waals surface area contributed by atoms with Gasteiger partial charge >= 0.3 is 0 Å². The van der Waals surface area contributed by atoms with Gasteiger partial charge in [-0.25, -0.2) is 12.8 Å². The van der Waals surface area contributed by atoms with E-state index in [9.17, 15) is 22.4 Å². The average Bonchev–Trinajstić information content (AvgIpc) is 2.77. The van der Waals surface area contributed by atoms with Gasteiger partial charge in [-0.3, -0.25) is 13.9 Å². The molecule has 2 aromatic rings. The van der Waals surface area contributed by atoms with Crippen molar-refractivity contribution in [3.8, 4) is 0 Å². The van der Waals surface area contributed by atoms with Crippen LogP contribution in [0.5, 0.6) is 0 Å². The van der Waals surface area contributed by atoms with Crippen LogP contribution in [-0.4, -0.2) is 50.0 Å². The minimum atomic E-state index is -3.80. The summed E-state index contributed by atoms with van der Waals surface area (Å²) >= 11 is 3.33. The van der Waals surface area contributed by atoms with Gasteiger partial charge in [0.05, 0.1) is 11.9 Å². The van der Waals surface area contributed by atoms with Crippen molar-refractivity contribution in [1.29, 1.82) is 0 Å². The predicted molar refractivity (Wildman–Crippen MR) is 135 cm³/mol. The van der Waals surface area contributed by atoms with E-state index in [4.69, 9.17) is 0 Å². The van der Waals surface area contributed by atoms with Crippen LogP contribution in [0.3, 0.4) is 0 Å². The molecule has 2 atom stereocenters. The summed E-state index contributed by atoms with van der Waals surface area (Å²) in [6.07, 6.45) is 2.07. The SMILES string of the molecule is CC[C@H](C)NC(=O)[C@H](CC)N(Cc1ccc(F)cc1)C(=O)CN(c1cccc(Br)c1)S(C)(=O)=O. The molecule has 0 saturated heterocycles. The van der Waals surface area contributed by atoms with Crippen LogP contribution in [0.25, 0.3) is 0 Å². The molecule has 0 fully saturated rings. The number of nitrogens with one attached hydrogen (secondary N) is 1. The lowest BCUT2D eigenvalue weighted by Gasteiger charge is -2.33. The van der Waals surface area contributed by atoms with Gasteiger partial charge in [0.15, 0.2) is 0 Å². The van der Waals surface area contributed by atoms with Crippen LogP contribution in [0, 0.1) is 5.82 Å². The Morgan fingerprint density at radius 1 is 1.09 bits per heavy atom. The average molecular weight is 556 g/mol. The van der Waals surface area contributed by atoms with Gasteiger partial charge in [-0.1, -0.05) is 48.0 Å². The largest absolute Gasteiger partial charge is 0.352 e. The van der Waals surface area contributed by atoms with Gasteiger partial charge in [0.2, 0.25) is 21.8 Å². The fourth-order valence-electron chi connectivity index (χ4n) is 3.39. The van der Waals surface area contributed by atoms with E-state index in [1.165, 1.54) is 29.2 Å². The van der Waals surface area contributed by atoms with E-state index in [1.807, 2.05) is 13.8 Å². The quantitative estimate of drug-likeness (QED) is 0.452. The molecule has 0 heterocycles. The molecular weight excluding hydrogens is 525 g/mol. The minimum absolute atomic E-state index is 0.0294. The van der Waals surface area contributed by atoms with E-state index >= 15 is 0 Å². The Morgan fingerprint density at radius 2 is 1.74 bits per heavy atom. The van der Waals surface area contributed by atoms with E-state index in [0.717, 1.165) is 17.0 Å². The van der Waals surface area contributed by atoms with Gasteiger partial charge in [0.1, 0.15) is 18.4 Å². The molecule has 0 aliphatic rings. The van der Waals surface area contributed by atoms with E-state index < -0.39 is 34.3 Å². The number of hydrogen-bond acceptors (Lipinski definition) is 4. The van der Waals surface area contributed by atoms with Crippen LogP contribution in [-0.2, 0) is 26.2 Å². The summed E-state index contributed by atoms with van der Waals surface area (Å²) in [6, 6.07) is 11.3. The summed E-state index contributed by atoms with van der Waals surface area (Å²) in [5.41, 5.74) is 0.946. The van der Waals surface area contributed by atoms with Crippen molar-refractivity contribution in [2.45, 2.75) is 52.2 Å². The van der Waals surface area contributed by atoms with Crippen molar-refractivity contribution in [2.24, 2.45) is 0 Å². The van der Waals surface area contributed by atoms with Gasteiger partial charge in [0.25, 0.3) is 0 Å². The molecule has 34 heavy (non-hydrogen) atoms. The molecule has 0 aliphatic heterocycles.